The molecule has 3 N–H and O–H groups in total. The Labute approximate surface area is 63.3 Å². The average molecular weight is 166 g/mol. The van der Waals surface area contributed by atoms with Crippen LogP contribution >= 0.6 is 0 Å². The molecule has 0 aliphatic carbocycles. The van der Waals surface area contributed by atoms with Gasteiger partial charge in [-0.15, -0.1) is 0 Å². The van der Waals surface area contributed by atoms with E-state index in [4.69, 9.17) is 15.3 Å². The van der Waals surface area contributed by atoms with E-state index in [0.29, 0.717) is 0 Å². The molecular weight excluding hydrogens is 155 g/mol. The first kappa shape index (κ1) is 10.5. The molecule has 5 heteroatoms. The third kappa shape index (κ3) is 2.92. The molecule has 0 aromatic carbocycles. The number of aliphatic hydroxyl groups is 3. The molecule has 0 saturated heterocycles. The SMILES string of the molecule is C[C@H](O)[C@@H](F)[C@@H](O)[C@H](O)C=O. The minimum atomic E-state index is -2.00. The molecule has 0 spiro atoms. The molecule has 4 nitrogen and oxygen atoms in total. The van der Waals surface area contributed by atoms with E-state index in [-0.39, 0.29) is 6.29 Å². The molecule has 0 fully saturated rings. The van der Waals surface area contributed by atoms with Gasteiger partial charge in [-0.05, 0) is 6.92 Å². The largest absolute Gasteiger partial charge is 0.390 e. The van der Waals surface area contributed by atoms with Gasteiger partial charge in [-0.1, -0.05) is 0 Å². The van der Waals surface area contributed by atoms with Crippen LogP contribution in [0.5, 0.6) is 0 Å². The van der Waals surface area contributed by atoms with Crippen molar-refractivity contribution in [3.05, 3.63) is 0 Å². The van der Waals surface area contributed by atoms with Crippen LogP contribution in [0.4, 0.5) is 4.39 Å². The molecule has 66 valence electrons. The quantitative estimate of drug-likeness (QED) is 0.450. The first-order chi connectivity index (χ1) is 5.00. The van der Waals surface area contributed by atoms with E-state index >= 15 is 0 Å². The minimum Gasteiger partial charge on any atom is -0.390 e. The van der Waals surface area contributed by atoms with Crippen molar-refractivity contribution >= 4 is 6.29 Å². The highest BCUT2D eigenvalue weighted by Gasteiger charge is 2.29. The number of carbonyl (C=O) groups is 1. The maximum atomic E-state index is 12.5. The highest BCUT2D eigenvalue weighted by atomic mass is 19.1. The first-order valence-corrected chi connectivity index (χ1v) is 3.14. The number of hydrogen-bond donors (Lipinski definition) is 3. The maximum Gasteiger partial charge on any atom is 0.154 e. The number of aliphatic hydroxyl groups excluding tert-OH is 3. The molecule has 0 amide bonds. The van der Waals surface area contributed by atoms with Crippen LogP contribution in [0.25, 0.3) is 0 Å². The van der Waals surface area contributed by atoms with Crippen LogP contribution in [-0.4, -0.2) is 46.1 Å². The lowest BCUT2D eigenvalue weighted by atomic mass is 10.1. The van der Waals surface area contributed by atoms with Crippen molar-refractivity contribution in [2.75, 3.05) is 0 Å². The van der Waals surface area contributed by atoms with Gasteiger partial charge in [-0.2, -0.15) is 0 Å². The molecule has 0 heterocycles. The molecule has 4 atom stereocenters. The second-order valence-corrected chi connectivity index (χ2v) is 2.30. The van der Waals surface area contributed by atoms with E-state index < -0.39 is 24.5 Å². The molecule has 0 rings (SSSR count). The van der Waals surface area contributed by atoms with E-state index in [1.54, 1.807) is 0 Å². The van der Waals surface area contributed by atoms with Crippen molar-refractivity contribution in [1.29, 1.82) is 0 Å². The summed E-state index contributed by atoms with van der Waals surface area (Å²) in [4.78, 5) is 9.82. The molecule has 0 radical (unpaired) electrons. The molecule has 0 aliphatic heterocycles. The zero-order chi connectivity index (χ0) is 9.02. The zero-order valence-corrected chi connectivity index (χ0v) is 6.01. The highest BCUT2D eigenvalue weighted by molar-refractivity contribution is 5.56. The Balaban J connectivity index is 4.00. The third-order valence-electron chi connectivity index (χ3n) is 1.28. The summed E-state index contributed by atoms with van der Waals surface area (Å²) in [7, 11) is 0. The topological polar surface area (TPSA) is 77.8 Å². The summed E-state index contributed by atoms with van der Waals surface area (Å²) in [5.41, 5.74) is 0. The molecule has 0 aromatic rings. The van der Waals surface area contributed by atoms with Crippen molar-refractivity contribution < 1.29 is 24.5 Å². The van der Waals surface area contributed by atoms with Gasteiger partial charge in [-0.25, -0.2) is 4.39 Å². The molecule has 0 aromatic heterocycles. The van der Waals surface area contributed by atoms with E-state index in [9.17, 15) is 9.18 Å². The lowest BCUT2D eigenvalue weighted by Crippen LogP contribution is -2.41. The fourth-order valence-electron chi connectivity index (χ4n) is 0.554. The first-order valence-electron chi connectivity index (χ1n) is 3.14. The highest BCUT2D eigenvalue weighted by Crippen LogP contribution is 2.07. The Morgan fingerprint density at radius 3 is 2.09 bits per heavy atom. The Hall–Kier alpha value is -0.520. The van der Waals surface area contributed by atoms with Gasteiger partial charge < -0.3 is 20.1 Å². The number of carbonyl (C=O) groups excluding carboxylic acids is 1. The van der Waals surface area contributed by atoms with Crippen molar-refractivity contribution in [2.45, 2.75) is 31.4 Å². The number of alkyl halides is 1. The zero-order valence-electron chi connectivity index (χ0n) is 6.01. The molecule has 0 saturated carbocycles. The van der Waals surface area contributed by atoms with Gasteiger partial charge in [0.15, 0.2) is 12.5 Å². The molecule has 0 bridgehead atoms. The maximum absolute atomic E-state index is 12.5. The Kier molecular flexibility index (Phi) is 4.17. The van der Waals surface area contributed by atoms with Gasteiger partial charge in [0.05, 0.1) is 6.10 Å². The monoisotopic (exact) mass is 166 g/mol. The fourth-order valence-corrected chi connectivity index (χ4v) is 0.554. The summed E-state index contributed by atoms with van der Waals surface area (Å²) in [5, 5.41) is 25.9. The van der Waals surface area contributed by atoms with Gasteiger partial charge in [0.1, 0.15) is 12.2 Å². The number of aldehydes is 1. The number of hydrogen-bond acceptors (Lipinski definition) is 4. The normalized spacial score (nSPS) is 21.9. The molecular formula is C6H11FO4. The lowest BCUT2D eigenvalue weighted by Gasteiger charge is -2.19. The van der Waals surface area contributed by atoms with Gasteiger partial charge in [0, 0.05) is 0 Å². The minimum absolute atomic E-state index is 0.0135. The lowest BCUT2D eigenvalue weighted by molar-refractivity contribution is -0.126. The second kappa shape index (κ2) is 4.38. The summed E-state index contributed by atoms with van der Waals surface area (Å²) in [6, 6.07) is 0. The van der Waals surface area contributed by atoms with Crippen LogP contribution in [0.2, 0.25) is 0 Å². The predicted octanol–water partition coefficient (Wildman–Crippen LogP) is -1.37. The van der Waals surface area contributed by atoms with Gasteiger partial charge >= 0.3 is 0 Å². The summed E-state index contributed by atoms with van der Waals surface area (Å²) in [6.45, 7) is 1.12. The van der Waals surface area contributed by atoms with Crippen LogP contribution in [0.15, 0.2) is 0 Å². The fraction of sp³-hybridized carbons (Fsp3) is 0.833. The van der Waals surface area contributed by atoms with Crippen molar-refractivity contribution in [3.63, 3.8) is 0 Å². The van der Waals surface area contributed by atoms with Crippen LogP contribution < -0.4 is 0 Å². The summed E-state index contributed by atoms with van der Waals surface area (Å²) in [6.07, 6.45) is -7.03. The van der Waals surface area contributed by atoms with Crippen molar-refractivity contribution in [3.8, 4) is 0 Å². The van der Waals surface area contributed by atoms with Crippen molar-refractivity contribution in [2.24, 2.45) is 0 Å². The molecule has 11 heavy (non-hydrogen) atoms. The van der Waals surface area contributed by atoms with Crippen LogP contribution in [0, 0.1) is 0 Å². The smallest absolute Gasteiger partial charge is 0.154 e. The van der Waals surface area contributed by atoms with Crippen LogP contribution in [0.1, 0.15) is 6.92 Å². The summed E-state index contributed by atoms with van der Waals surface area (Å²) < 4.78 is 12.5. The Morgan fingerprint density at radius 1 is 1.36 bits per heavy atom. The van der Waals surface area contributed by atoms with Gasteiger partial charge in [0.2, 0.25) is 0 Å². The van der Waals surface area contributed by atoms with E-state index in [2.05, 4.69) is 0 Å². The van der Waals surface area contributed by atoms with Gasteiger partial charge in [0.25, 0.3) is 0 Å². The summed E-state index contributed by atoms with van der Waals surface area (Å²) >= 11 is 0. The molecule has 0 aliphatic rings. The predicted molar refractivity (Wildman–Crippen MR) is 34.7 cm³/mol. The second-order valence-electron chi connectivity index (χ2n) is 2.30. The molecule has 0 unspecified atom stereocenters. The Bertz CT molecular complexity index is 128. The standard InChI is InChI=1S/C6H11FO4/c1-3(9)5(7)6(11)4(10)2-8/h2-6,9-11H,1H3/t3-,4+,5+,6-/m0/s1. The third-order valence-corrected chi connectivity index (χ3v) is 1.28. The number of rotatable bonds is 4. The van der Waals surface area contributed by atoms with Crippen LogP contribution in [-0.2, 0) is 4.79 Å². The van der Waals surface area contributed by atoms with E-state index in [1.165, 1.54) is 0 Å². The number of halogens is 1. The van der Waals surface area contributed by atoms with Gasteiger partial charge in [-0.3, -0.25) is 0 Å². The Morgan fingerprint density at radius 2 is 1.82 bits per heavy atom. The average Bonchev–Trinajstić information content (AvgIpc) is 2.00. The van der Waals surface area contributed by atoms with Crippen molar-refractivity contribution in [1.82, 2.24) is 0 Å². The van der Waals surface area contributed by atoms with E-state index in [0.717, 1.165) is 6.92 Å². The van der Waals surface area contributed by atoms with E-state index in [1.807, 2.05) is 0 Å². The van der Waals surface area contributed by atoms with Crippen LogP contribution in [0.3, 0.4) is 0 Å². The summed E-state index contributed by atoms with van der Waals surface area (Å²) in [5.74, 6) is 0.